The first-order valence-electron chi connectivity index (χ1n) is 6.88. The minimum atomic E-state index is -0.450. The van der Waals surface area contributed by atoms with Gasteiger partial charge in [0.25, 0.3) is 0 Å². The largest absolute Gasteiger partial charge is 0.504 e. The van der Waals surface area contributed by atoms with E-state index in [2.05, 4.69) is 0 Å². The third-order valence-corrected chi connectivity index (χ3v) is 2.93. The third kappa shape index (κ3) is 4.38. The smallest absolute Gasteiger partial charge is 0.342 e. The van der Waals surface area contributed by atoms with Gasteiger partial charge in [-0.05, 0) is 25.1 Å². The van der Waals surface area contributed by atoms with Crippen LogP contribution >= 0.6 is 0 Å². The summed E-state index contributed by atoms with van der Waals surface area (Å²) < 4.78 is 15.9. The second kappa shape index (κ2) is 7.88. The van der Waals surface area contributed by atoms with Gasteiger partial charge in [-0.2, -0.15) is 0 Å². The van der Waals surface area contributed by atoms with Crippen molar-refractivity contribution in [3.05, 3.63) is 72.0 Å². The van der Waals surface area contributed by atoms with Gasteiger partial charge in [-0.3, -0.25) is 0 Å². The van der Waals surface area contributed by atoms with E-state index in [9.17, 15) is 4.79 Å². The number of hydrogen-bond acceptors (Lipinski definition) is 4. The van der Waals surface area contributed by atoms with E-state index in [-0.39, 0.29) is 0 Å². The number of methoxy groups -OCH3 is 1. The molecule has 0 bridgehead atoms. The van der Waals surface area contributed by atoms with Crippen molar-refractivity contribution in [3.8, 4) is 11.5 Å². The number of hydrogen-bond donors (Lipinski definition) is 0. The standard InChI is InChI=1S/C18H18O4/c1-14(12-20-2)18(19)22-17-11-7-6-8-15(17)13-21-16-9-4-3-5-10-16/h3-12H,13H2,1-2H3. The summed E-state index contributed by atoms with van der Waals surface area (Å²) in [5, 5.41) is 0. The van der Waals surface area contributed by atoms with Crippen LogP contribution in [0.1, 0.15) is 12.5 Å². The van der Waals surface area contributed by atoms with Crippen LogP contribution in [0.5, 0.6) is 11.5 Å². The van der Waals surface area contributed by atoms with E-state index < -0.39 is 5.97 Å². The van der Waals surface area contributed by atoms with Gasteiger partial charge in [0.2, 0.25) is 0 Å². The quantitative estimate of drug-likeness (QED) is 0.353. The molecule has 0 saturated heterocycles. The zero-order valence-electron chi connectivity index (χ0n) is 12.6. The minimum Gasteiger partial charge on any atom is -0.504 e. The van der Waals surface area contributed by atoms with Crippen molar-refractivity contribution in [3.63, 3.8) is 0 Å². The molecule has 22 heavy (non-hydrogen) atoms. The average Bonchev–Trinajstić information content (AvgIpc) is 2.55. The summed E-state index contributed by atoms with van der Waals surface area (Å²) in [7, 11) is 1.48. The molecule has 0 aliphatic carbocycles. The highest BCUT2D eigenvalue weighted by atomic mass is 16.5. The lowest BCUT2D eigenvalue weighted by molar-refractivity contribution is -0.130. The summed E-state index contributed by atoms with van der Waals surface area (Å²) in [4.78, 5) is 11.9. The lowest BCUT2D eigenvalue weighted by atomic mass is 10.2. The summed E-state index contributed by atoms with van der Waals surface area (Å²) in [5.41, 5.74) is 1.19. The number of carbonyl (C=O) groups is 1. The monoisotopic (exact) mass is 298 g/mol. The summed E-state index contributed by atoms with van der Waals surface area (Å²) in [6.07, 6.45) is 1.35. The Balaban J connectivity index is 2.07. The topological polar surface area (TPSA) is 44.8 Å². The van der Waals surface area contributed by atoms with Crippen LogP contribution in [0.4, 0.5) is 0 Å². The minimum absolute atomic E-state index is 0.320. The van der Waals surface area contributed by atoms with Crippen LogP contribution in [0.3, 0.4) is 0 Å². The van der Waals surface area contributed by atoms with Crippen molar-refractivity contribution in [2.24, 2.45) is 0 Å². The Kier molecular flexibility index (Phi) is 5.60. The molecule has 0 spiro atoms. The van der Waals surface area contributed by atoms with Gasteiger partial charge < -0.3 is 14.2 Å². The average molecular weight is 298 g/mol. The first kappa shape index (κ1) is 15.6. The molecule has 0 aliphatic heterocycles. The van der Waals surface area contributed by atoms with Crippen LogP contribution in [-0.4, -0.2) is 13.1 Å². The van der Waals surface area contributed by atoms with E-state index in [1.54, 1.807) is 13.0 Å². The number of ether oxygens (including phenoxy) is 3. The summed E-state index contributed by atoms with van der Waals surface area (Å²) in [6.45, 7) is 1.95. The Labute approximate surface area is 129 Å². The molecule has 0 saturated carbocycles. The number of carbonyl (C=O) groups excluding carboxylic acids is 1. The van der Waals surface area contributed by atoms with Gasteiger partial charge in [-0.1, -0.05) is 36.4 Å². The number of esters is 1. The van der Waals surface area contributed by atoms with Crippen LogP contribution in [-0.2, 0) is 16.1 Å². The molecule has 0 aliphatic rings. The SMILES string of the molecule is COC=C(C)C(=O)Oc1ccccc1COc1ccccc1. The highest BCUT2D eigenvalue weighted by molar-refractivity contribution is 5.89. The van der Waals surface area contributed by atoms with Gasteiger partial charge in [-0.25, -0.2) is 4.79 Å². The molecule has 0 aromatic heterocycles. The maximum Gasteiger partial charge on any atom is 0.342 e. The van der Waals surface area contributed by atoms with Crippen LogP contribution in [0.25, 0.3) is 0 Å². The summed E-state index contributed by atoms with van der Waals surface area (Å²) in [5.74, 6) is 0.792. The van der Waals surface area contributed by atoms with Gasteiger partial charge in [0, 0.05) is 5.56 Å². The Bertz CT molecular complexity index is 647. The molecule has 114 valence electrons. The lowest BCUT2D eigenvalue weighted by Gasteiger charge is -2.11. The van der Waals surface area contributed by atoms with Crippen molar-refractivity contribution in [2.75, 3.05) is 7.11 Å². The number of para-hydroxylation sites is 2. The first-order chi connectivity index (χ1) is 10.7. The molecule has 0 atom stereocenters. The number of benzene rings is 2. The van der Waals surface area contributed by atoms with Crippen molar-refractivity contribution in [1.82, 2.24) is 0 Å². The van der Waals surface area contributed by atoms with Gasteiger partial charge in [-0.15, -0.1) is 0 Å². The van der Waals surface area contributed by atoms with Crippen molar-refractivity contribution < 1.29 is 19.0 Å². The molecule has 0 unspecified atom stereocenters. The highest BCUT2D eigenvalue weighted by Crippen LogP contribution is 2.21. The molecule has 0 amide bonds. The molecule has 0 fully saturated rings. The molecule has 0 radical (unpaired) electrons. The maximum atomic E-state index is 11.9. The fourth-order valence-electron chi connectivity index (χ4n) is 1.81. The summed E-state index contributed by atoms with van der Waals surface area (Å²) >= 11 is 0. The van der Waals surface area contributed by atoms with Crippen molar-refractivity contribution in [2.45, 2.75) is 13.5 Å². The molecule has 2 rings (SSSR count). The molecule has 4 nitrogen and oxygen atoms in total. The Morgan fingerprint density at radius 3 is 2.45 bits per heavy atom. The molecule has 0 N–H and O–H groups in total. The van der Waals surface area contributed by atoms with Crippen LogP contribution in [0.2, 0.25) is 0 Å². The lowest BCUT2D eigenvalue weighted by Crippen LogP contribution is -2.11. The molecular weight excluding hydrogens is 280 g/mol. The van der Waals surface area contributed by atoms with E-state index >= 15 is 0 Å². The van der Waals surface area contributed by atoms with Gasteiger partial charge in [0.05, 0.1) is 18.9 Å². The van der Waals surface area contributed by atoms with Gasteiger partial charge in [0.1, 0.15) is 18.1 Å². The Morgan fingerprint density at radius 2 is 1.73 bits per heavy atom. The fraction of sp³-hybridized carbons (Fsp3) is 0.167. The Hall–Kier alpha value is -2.75. The number of rotatable bonds is 6. The van der Waals surface area contributed by atoms with Crippen molar-refractivity contribution >= 4 is 5.97 Å². The second-order valence-corrected chi connectivity index (χ2v) is 4.64. The van der Waals surface area contributed by atoms with Crippen molar-refractivity contribution in [1.29, 1.82) is 0 Å². The highest BCUT2D eigenvalue weighted by Gasteiger charge is 2.11. The van der Waals surface area contributed by atoms with E-state index in [0.29, 0.717) is 17.9 Å². The van der Waals surface area contributed by atoms with Crippen LogP contribution in [0.15, 0.2) is 66.4 Å². The molecule has 0 heterocycles. The van der Waals surface area contributed by atoms with Gasteiger partial charge in [0.15, 0.2) is 0 Å². The maximum absolute atomic E-state index is 11.9. The summed E-state index contributed by atoms with van der Waals surface area (Å²) in [6, 6.07) is 16.8. The van der Waals surface area contributed by atoms with E-state index in [4.69, 9.17) is 14.2 Å². The zero-order valence-corrected chi connectivity index (χ0v) is 12.6. The molecule has 2 aromatic rings. The van der Waals surface area contributed by atoms with Crippen LogP contribution < -0.4 is 9.47 Å². The predicted molar refractivity (Wildman–Crippen MR) is 83.6 cm³/mol. The zero-order chi connectivity index (χ0) is 15.8. The van der Waals surface area contributed by atoms with E-state index in [0.717, 1.165) is 11.3 Å². The third-order valence-electron chi connectivity index (χ3n) is 2.93. The van der Waals surface area contributed by atoms with E-state index in [1.807, 2.05) is 48.5 Å². The predicted octanol–water partition coefficient (Wildman–Crippen LogP) is 3.72. The van der Waals surface area contributed by atoms with E-state index in [1.165, 1.54) is 13.4 Å². The molecule has 2 aromatic carbocycles. The normalized spacial score (nSPS) is 10.9. The first-order valence-corrected chi connectivity index (χ1v) is 6.88. The second-order valence-electron chi connectivity index (χ2n) is 4.64. The fourth-order valence-corrected chi connectivity index (χ4v) is 1.81. The van der Waals surface area contributed by atoms with Crippen LogP contribution in [0, 0.1) is 0 Å². The Morgan fingerprint density at radius 1 is 1.05 bits per heavy atom. The molecular formula is C18H18O4. The van der Waals surface area contributed by atoms with Gasteiger partial charge >= 0.3 is 5.97 Å². The molecule has 4 heteroatoms.